The minimum Gasteiger partial charge on any atom is -0.478 e. The Morgan fingerprint density at radius 1 is 1.23 bits per heavy atom. The summed E-state index contributed by atoms with van der Waals surface area (Å²) in [6.07, 6.45) is 3.84. The number of hydrogen-bond acceptors (Lipinski definition) is 4. The van der Waals surface area contributed by atoms with E-state index in [4.69, 9.17) is 5.11 Å². The van der Waals surface area contributed by atoms with E-state index in [1.165, 1.54) is 40.0 Å². The molecule has 0 unspecified atom stereocenters. The first-order valence-corrected chi connectivity index (χ1v) is 10.0. The third-order valence-corrected chi connectivity index (χ3v) is 7.30. The Labute approximate surface area is 159 Å². The highest BCUT2D eigenvalue weighted by molar-refractivity contribution is 7.16. The lowest BCUT2D eigenvalue weighted by Gasteiger charge is -2.39. The molecule has 0 aromatic carbocycles. The number of pyridine rings is 1. The molecule has 2 aromatic rings. The highest BCUT2D eigenvalue weighted by atomic mass is 32.1. The molecule has 2 aromatic heterocycles. The lowest BCUT2D eigenvalue weighted by molar-refractivity contribution is 0.0696. The maximum absolute atomic E-state index is 11.1. The first-order chi connectivity index (χ1) is 12.1. The molecule has 1 aliphatic rings. The zero-order valence-electron chi connectivity index (χ0n) is 16.5. The Kier molecular flexibility index (Phi) is 4.63. The number of rotatable bonds is 4. The van der Waals surface area contributed by atoms with Crippen molar-refractivity contribution in [2.24, 2.45) is 0 Å². The van der Waals surface area contributed by atoms with Gasteiger partial charge in [0.25, 0.3) is 0 Å². The van der Waals surface area contributed by atoms with Gasteiger partial charge in [0.05, 0.1) is 10.6 Å². The number of nitrogens with zero attached hydrogens (tertiary/aromatic N) is 2. The second-order valence-electron chi connectivity index (χ2n) is 8.46. The van der Waals surface area contributed by atoms with Crippen LogP contribution in [0.1, 0.15) is 73.8 Å². The van der Waals surface area contributed by atoms with Crippen LogP contribution in [0.15, 0.2) is 18.3 Å². The summed E-state index contributed by atoms with van der Waals surface area (Å²) in [6.45, 7) is 14.5. The van der Waals surface area contributed by atoms with Crippen molar-refractivity contribution in [2.45, 2.75) is 65.2 Å². The molecular weight excluding hydrogens is 344 g/mol. The number of fused-ring (bicyclic) bond motifs is 1. The van der Waals surface area contributed by atoms with Gasteiger partial charge < -0.3 is 10.0 Å². The van der Waals surface area contributed by atoms with Gasteiger partial charge in [-0.1, -0.05) is 27.7 Å². The van der Waals surface area contributed by atoms with Crippen molar-refractivity contribution in [3.63, 3.8) is 0 Å². The van der Waals surface area contributed by atoms with Crippen molar-refractivity contribution < 1.29 is 9.90 Å². The molecule has 0 saturated carbocycles. The highest BCUT2D eigenvalue weighted by Crippen LogP contribution is 2.54. The summed E-state index contributed by atoms with van der Waals surface area (Å²) >= 11 is 1.88. The van der Waals surface area contributed by atoms with Crippen LogP contribution in [-0.4, -0.2) is 22.6 Å². The van der Waals surface area contributed by atoms with Crippen LogP contribution >= 0.6 is 11.3 Å². The zero-order chi connectivity index (χ0) is 19.3. The van der Waals surface area contributed by atoms with Crippen molar-refractivity contribution in [1.82, 2.24) is 4.98 Å². The summed E-state index contributed by atoms with van der Waals surface area (Å²) in [4.78, 5) is 19.2. The molecule has 0 atom stereocenters. The number of hydrogen-bond donors (Lipinski definition) is 1. The smallest absolute Gasteiger partial charge is 0.337 e. The summed E-state index contributed by atoms with van der Waals surface area (Å²) in [7, 11) is 0. The third kappa shape index (κ3) is 3.02. The molecule has 140 valence electrons. The van der Waals surface area contributed by atoms with Crippen LogP contribution in [0, 0.1) is 6.92 Å². The van der Waals surface area contributed by atoms with Crippen LogP contribution in [0.4, 0.5) is 10.8 Å². The Balaban J connectivity index is 2.11. The van der Waals surface area contributed by atoms with Crippen LogP contribution in [0.5, 0.6) is 0 Å². The van der Waals surface area contributed by atoms with Gasteiger partial charge in [0.1, 0.15) is 5.82 Å². The van der Waals surface area contributed by atoms with E-state index in [1.54, 1.807) is 12.1 Å². The molecule has 0 spiro atoms. The standard InChI is InChI=1S/C21H28N2O2S/c1-7-23(15-9-8-14(12-22-15)19(24)25)18-13(2)16-17(26-18)21(5,6)11-10-20(16,3)4/h8-9,12H,7,10-11H2,1-6H3,(H,24,25). The second-order valence-corrected chi connectivity index (χ2v) is 9.46. The quantitative estimate of drug-likeness (QED) is 0.753. The average molecular weight is 373 g/mol. The van der Waals surface area contributed by atoms with E-state index in [0.717, 1.165) is 12.4 Å². The number of carboxylic acids is 1. The normalized spacial score (nSPS) is 17.6. The van der Waals surface area contributed by atoms with Gasteiger partial charge in [0, 0.05) is 17.6 Å². The van der Waals surface area contributed by atoms with Crippen molar-refractivity contribution in [3.8, 4) is 0 Å². The summed E-state index contributed by atoms with van der Waals surface area (Å²) in [5, 5.41) is 10.3. The summed E-state index contributed by atoms with van der Waals surface area (Å²) in [5.41, 5.74) is 3.43. The molecule has 0 aliphatic heterocycles. The second kappa shape index (κ2) is 6.38. The molecular formula is C21H28N2O2S. The summed E-state index contributed by atoms with van der Waals surface area (Å²) in [6, 6.07) is 3.44. The Hall–Kier alpha value is -1.88. The van der Waals surface area contributed by atoms with Gasteiger partial charge in [-0.25, -0.2) is 9.78 Å². The SMILES string of the molecule is CCN(c1ccc(C(=O)O)cn1)c1sc2c(c1C)C(C)(C)CCC2(C)C. The molecule has 2 heterocycles. The lowest BCUT2D eigenvalue weighted by Crippen LogP contribution is -2.32. The third-order valence-electron chi connectivity index (χ3n) is 5.62. The number of carboxylic acid groups (broad SMARTS) is 1. The molecule has 26 heavy (non-hydrogen) atoms. The molecule has 0 saturated heterocycles. The van der Waals surface area contributed by atoms with Crippen molar-refractivity contribution in [3.05, 3.63) is 39.9 Å². The van der Waals surface area contributed by atoms with Crippen LogP contribution in [0.3, 0.4) is 0 Å². The number of aromatic nitrogens is 1. The molecule has 1 aliphatic carbocycles. The zero-order valence-corrected chi connectivity index (χ0v) is 17.3. The minimum atomic E-state index is -0.946. The number of carbonyl (C=O) groups is 1. The maximum Gasteiger partial charge on any atom is 0.337 e. The molecule has 0 bridgehead atoms. The first-order valence-electron chi connectivity index (χ1n) is 9.19. The highest BCUT2D eigenvalue weighted by Gasteiger charge is 2.41. The molecule has 1 N–H and O–H groups in total. The monoisotopic (exact) mass is 372 g/mol. The number of thiophene rings is 1. The summed E-state index contributed by atoms with van der Waals surface area (Å²) < 4.78 is 0. The van der Waals surface area contributed by atoms with Gasteiger partial charge in [-0.15, -0.1) is 11.3 Å². The van der Waals surface area contributed by atoms with E-state index in [9.17, 15) is 4.79 Å². The maximum atomic E-state index is 11.1. The average Bonchev–Trinajstić information content (AvgIpc) is 2.93. The van der Waals surface area contributed by atoms with Crippen molar-refractivity contribution >= 4 is 28.1 Å². The van der Waals surface area contributed by atoms with E-state index in [2.05, 4.69) is 51.4 Å². The van der Waals surface area contributed by atoms with E-state index in [0.29, 0.717) is 0 Å². The molecule has 5 heteroatoms. The van der Waals surface area contributed by atoms with E-state index >= 15 is 0 Å². The summed E-state index contributed by atoms with van der Waals surface area (Å²) in [5.74, 6) is -0.145. The molecule has 0 fully saturated rings. The van der Waals surface area contributed by atoms with Gasteiger partial charge in [-0.05, 0) is 60.8 Å². The van der Waals surface area contributed by atoms with Gasteiger partial charge in [0.2, 0.25) is 0 Å². The van der Waals surface area contributed by atoms with Crippen LogP contribution in [0.25, 0.3) is 0 Å². The van der Waals surface area contributed by atoms with Crippen LogP contribution in [0.2, 0.25) is 0 Å². The van der Waals surface area contributed by atoms with E-state index < -0.39 is 5.97 Å². The molecule has 4 nitrogen and oxygen atoms in total. The number of aromatic carboxylic acids is 1. The van der Waals surface area contributed by atoms with Gasteiger partial charge in [-0.3, -0.25) is 0 Å². The van der Waals surface area contributed by atoms with Crippen molar-refractivity contribution in [1.29, 1.82) is 0 Å². The van der Waals surface area contributed by atoms with Gasteiger partial charge in [0.15, 0.2) is 0 Å². The number of anilines is 2. The molecule has 0 amide bonds. The predicted molar refractivity (Wildman–Crippen MR) is 108 cm³/mol. The Bertz CT molecular complexity index is 834. The van der Waals surface area contributed by atoms with E-state index in [-0.39, 0.29) is 16.4 Å². The fraction of sp³-hybridized carbons (Fsp3) is 0.524. The Morgan fingerprint density at radius 3 is 2.38 bits per heavy atom. The van der Waals surface area contributed by atoms with Crippen molar-refractivity contribution in [2.75, 3.05) is 11.4 Å². The largest absolute Gasteiger partial charge is 0.478 e. The van der Waals surface area contributed by atoms with Crippen LogP contribution in [-0.2, 0) is 10.8 Å². The molecule has 0 radical (unpaired) electrons. The lowest BCUT2D eigenvalue weighted by atomic mass is 9.66. The fourth-order valence-electron chi connectivity index (χ4n) is 4.00. The van der Waals surface area contributed by atoms with E-state index in [1.807, 2.05) is 11.3 Å². The predicted octanol–water partition coefficient (Wildman–Crippen LogP) is 5.66. The Morgan fingerprint density at radius 2 is 1.88 bits per heavy atom. The first kappa shape index (κ1) is 18.9. The molecule has 3 rings (SSSR count). The van der Waals surface area contributed by atoms with Crippen LogP contribution < -0.4 is 4.90 Å². The minimum absolute atomic E-state index is 0.184. The fourth-order valence-corrected chi connectivity index (χ4v) is 5.69. The topological polar surface area (TPSA) is 53.4 Å². The van der Waals surface area contributed by atoms with Gasteiger partial charge in [-0.2, -0.15) is 0 Å². The van der Waals surface area contributed by atoms with Gasteiger partial charge >= 0.3 is 5.97 Å².